The number of pyridine rings is 1. The summed E-state index contributed by atoms with van der Waals surface area (Å²) in [5.74, 6) is 0.761. The fourth-order valence-corrected chi connectivity index (χ4v) is 4.34. The van der Waals surface area contributed by atoms with E-state index in [2.05, 4.69) is 18.0 Å². The first-order valence-corrected chi connectivity index (χ1v) is 10.5. The van der Waals surface area contributed by atoms with Crippen molar-refractivity contribution in [1.82, 2.24) is 9.97 Å². The monoisotopic (exact) mass is 417 g/mol. The van der Waals surface area contributed by atoms with Crippen molar-refractivity contribution in [3.8, 4) is 5.75 Å². The van der Waals surface area contributed by atoms with Gasteiger partial charge in [-0.3, -0.25) is 14.7 Å². The van der Waals surface area contributed by atoms with Gasteiger partial charge in [0.2, 0.25) is 5.91 Å². The highest BCUT2D eigenvalue weighted by atomic mass is 32.1. The zero-order valence-corrected chi connectivity index (χ0v) is 18.1. The van der Waals surface area contributed by atoms with Crippen molar-refractivity contribution in [3.05, 3.63) is 83.2 Å². The van der Waals surface area contributed by atoms with E-state index in [0.717, 1.165) is 32.7 Å². The van der Waals surface area contributed by atoms with Crippen LogP contribution in [0.5, 0.6) is 5.75 Å². The number of carbonyl (C=O) groups excluding carboxylic acids is 1. The molecule has 0 aliphatic heterocycles. The Hall–Kier alpha value is -3.25. The summed E-state index contributed by atoms with van der Waals surface area (Å²) in [5.41, 5.74) is 5.13. The second-order valence-corrected chi connectivity index (χ2v) is 8.29. The molecule has 4 rings (SSSR count). The van der Waals surface area contributed by atoms with Gasteiger partial charge in [0.05, 0.1) is 30.3 Å². The van der Waals surface area contributed by atoms with Crippen LogP contribution in [0.1, 0.15) is 22.3 Å². The number of rotatable bonds is 6. The Bertz CT molecular complexity index is 1190. The number of thiazole rings is 1. The number of hydrogen-bond acceptors (Lipinski definition) is 5. The Labute approximate surface area is 180 Å². The van der Waals surface area contributed by atoms with E-state index in [0.29, 0.717) is 18.1 Å². The van der Waals surface area contributed by atoms with Gasteiger partial charge in [0.1, 0.15) is 5.75 Å². The summed E-state index contributed by atoms with van der Waals surface area (Å²) in [6.45, 7) is 4.53. The molecule has 0 saturated heterocycles. The van der Waals surface area contributed by atoms with Crippen molar-refractivity contribution in [2.45, 2.75) is 26.8 Å². The third kappa shape index (κ3) is 4.33. The topological polar surface area (TPSA) is 55.3 Å². The van der Waals surface area contributed by atoms with E-state index in [-0.39, 0.29) is 5.91 Å². The maximum Gasteiger partial charge on any atom is 0.233 e. The predicted molar refractivity (Wildman–Crippen MR) is 121 cm³/mol. The standard InChI is InChI=1S/C24H23N3O2S/c1-16-6-7-19(17(2)11-16)12-23(28)27(15-18-5-4-10-25-14-18)24-26-21-13-20(29-3)8-9-22(21)30-24/h4-11,13-14H,12,15H2,1-3H3. The lowest BCUT2D eigenvalue weighted by Crippen LogP contribution is -2.32. The number of carbonyl (C=O) groups is 1. The van der Waals surface area contributed by atoms with Crippen LogP contribution < -0.4 is 9.64 Å². The average Bonchev–Trinajstić information content (AvgIpc) is 3.17. The van der Waals surface area contributed by atoms with Gasteiger partial charge in [0.25, 0.3) is 0 Å². The quantitative estimate of drug-likeness (QED) is 0.438. The van der Waals surface area contributed by atoms with Crippen molar-refractivity contribution in [2.24, 2.45) is 0 Å². The molecule has 0 unspecified atom stereocenters. The van der Waals surface area contributed by atoms with Crippen molar-refractivity contribution in [3.63, 3.8) is 0 Å². The second-order valence-electron chi connectivity index (χ2n) is 7.28. The van der Waals surface area contributed by atoms with Crippen molar-refractivity contribution in [2.75, 3.05) is 12.0 Å². The first kappa shape index (κ1) is 20.0. The SMILES string of the molecule is COc1ccc2sc(N(Cc3cccnc3)C(=O)Cc3ccc(C)cc3C)nc2c1. The summed E-state index contributed by atoms with van der Waals surface area (Å²) in [6, 6.07) is 15.8. The third-order valence-corrected chi connectivity index (χ3v) is 6.08. The molecule has 0 N–H and O–H groups in total. The number of fused-ring (bicyclic) bond motifs is 1. The summed E-state index contributed by atoms with van der Waals surface area (Å²) < 4.78 is 6.33. The Balaban J connectivity index is 1.69. The van der Waals surface area contributed by atoms with Crippen LogP contribution in [0.25, 0.3) is 10.2 Å². The Morgan fingerprint density at radius 1 is 1.13 bits per heavy atom. The summed E-state index contributed by atoms with van der Waals surface area (Å²) in [7, 11) is 1.64. The summed E-state index contributed by atoms with van der Waals surface area (Å²) in [4.78, 5) is 24.1. The molecule has 0 atom stereocenters. The summed E-state index contributed by atoms with van der Waals surface area (Å²) in [5, 5.41) is 0.678. The van der Waals surface area contributed by atoms with Crippen LogP contribution in [0.4, 0.5) is 5.13 Å². The van der Waals surface area contributed by atoms with Crippen molar-refractivity contribution < 1.29 is 9.53 Å². The van der Waals surface area contributed by atoms with E-state index >= 15 is 0 Å². The maximum absolute atomic E-state index is 13.4. The minimum absolute atomic E-state index is 0.0110. The second kappa shape index (κ2) is 8.63. The van der Waals surface area contributed by atoms with Gasteiger partial charge in [-0.1, -0.05) is 41.2 Å². The molecule has 0 aliphatic rings. The van der Waals surface area contributed by atoms with Crippen molar-refractivity contribution >= 4 is 32.6 Å². The fourth-order valence-electron chi connectivity index (χ4n) is 3.38. The third-order valence-electron chi connectivity index (χ3n) is 5.02. The maximum atomic E-state index is 13.4. The molecule has 0 bridgehead atoms. The highest BCUT2D eigenvalue weighted by Crippen LogP contribution is 2.32. The zero-order valence-electron chi connectivity index (χ0n) is 17.3. The molecule has 6 heteroatoms. The minimum atomic E-state index is 0.0110. The van der Waals surface area contributed by atoms with Crippen LogP contribution in [0.2, 0.25) is 0 Å². The van der Waals surface area contributed by atoms with Gasteiger partial charge >= 0.3 is 0 Å². The van der Waals surface area contributed by atoms with Gasteiger partial charge in [0.15, 0.2) is 5.13 Å². The van der Waals surface area contributed by atoms with Crippen LogP contribution >= 0.6 is 11.3 Å². The van der Waals surface area contributed by atoms with Crippen LogP contribution in [0.3, 0.4) is 0 Å². The number of anilines is 1. The molecule has 5 nitrogen and oxygen atoms in total. The first-order chi connectivity index (χ1) is 14.5. The Morgan fingerprint density at radius 2 is 2.00 bits per heavy atom. The summed E-state index contributed by atoms with van der Waals surface area (Å²) >= 11 is 1.51. The van der Waals surface area contributed by atoms with Gasteiger partial charge in [-0.05, 0) is 48.7 Å². The number of aromatic nitrogens is 2. The van der Waals surface area contributed by atoms with Gasteiger partial charge in [-0.15, -0.1) is 0 Å². The number of benzene rings is 2. The predicted octanol–water partition coefficient (Wildman–Crippen LogP) is 5.09. The average molecular weight is 418 g/mol. The van der Waals surface area contributed by atoms with Crippen LogP contribution in [-0.2, 0) is 17.8 Å². The molecular formula is C24H23N3O2S. The Kier molecular flexibility index (Phi) is 5.77. The molecule has 0 radical (unpaired) electrons. The smallest absolute Gasteiger partial charge is 0.233 e. The van der Waals surface area contributed by atoms with E-state index in [9.17, 15) is 4.79 Å². The van der Waals surface area contributed by atoms with Crippen LogP contribution in [-0.4, -0.2) is 23.0 Å². The molecule has 2 aromatic heterocycles. The lowest BCUT2D eigenvalue weighted by molar-refractivity contribution is -0.118. The molecule has 2 aromatic carbocycles. The molecule has 0 spiro atoms. The normalized spacial score (nSPS) is 10.9. The lowest BCUT2D eigenvalue weighted by atomic mass is 10.0. The molecule has 4 aromatic rings. The molecule has 30 heavy (non-hydrogen) atoms. The number of aryl methyl sites for hydroxylation is 2. The van der Waals surface area contributed by atoms with E-state index in [4.69, 9.17) is 9.72 Å². The molecule has 0 fully saturated rings. The van der Waals surface area contributed by atoms with E-state index in [1.807, 2.05) is 49.4 Å². The van der Waals surface area contributed by atoms with Gasteiger partial charge < -0.3 is 4.74 Å². The van der Waals surface area contributed by atoms with E-state index in [1.165, 1.54) is 16.9 Å². The molecule has 1 amide bonds. The number of hydrogen-bond donors (Lipinski definition) is 0. The molecule has 0 saturated carbocycles. The number of ether oxygens (including phenoxy) is 1. The lowest BCUT2D eigenvalue weighted by Gasteiger charge is -2.20. The highest BCUT2D eigenvalue weighted by Gasteiger charge is 2.21. The molecule has 2 heterocycles. The van der Waals surface area contributed by atoms with Gasteiger partial charge in [0, 0.05) is 18.5 Å². The summed E-state index contributed by atoms with van der Waals surface area (Å²) in [6.07, 6.45) is 3.84. The molecular weight excluding hydrogens is 394 g/mol. The number of nitrogens with zero attached hydrogens (tertiary/aromatic N) is 3. The molecule has 0 aliphatic carbocycles. The van der Waals surface area contributed by atoms with E-state index in [1.54, 1.807) is 24.4 Å². The first-order valence-electron chi connectivity index (χ1n) is 9.73. The van der Waals surface area contributed by atoms with Crippen LogP contribution in [0, 0.1) is 13.8 Å². The van der Waals surface area contributed by atoms with Crippen LogP contribution in [0.15, 0.2) is 60.9 Å². The molecule has 152 valence electrons. The van der Waals surface area contributed by atoms with Crippen molar-refractivity contribution in [1.29, 1.82) is 0 Å². The minimum Gasteiger partial charge on any atom is -0.497 e. The number of amides is 1. The van der Waals surface area contributed by atoms with Gasteiger partial charge in [-0.2, -0.15) is 0 Å². The van der Waals surface area contributed by atoms with Gasteiger partial charge in [-0.25, -0.2) is 4.98 Å². The zero-order chi connectivity index (χ0) is 21.1. The number of methoxy groups -OCH3 is 1. The Morgan fingerprint density at radius 3 is 2.73 bits per heavy atom. The highest BCUT2D eigenvalue weighted by molar-refractivity contribution is 7.22. The largest absolute Gasteiger partial charge is 0.497 e. The fraction of sp³-hybridized carbons (Fsp3) is 0.208. The van der Waals surface area contributed by atoms with E-state index < -0.39 is 0 Å².